The molecule has 0 aliphatic carbocycles. The van der Waals surface area contributed by atoms with Gasteiger partial charge >= 0.3 is 0 Å². The first-order chi connectivity index (χ1) is 12.1. The molecule has 0 radical (unpaired) electrons. The monoisotopic (exact) mass is 417 g/mol. The number of nitrogens with one attached hydrogen (secondary N) is 1. The van der Waals surface area contributed by atoms with Crippen LogP contribution in [0, 0.1) is 5.82 Å². The molecule has 1 fully saturated rings. The lowest BCUT2D eigenvalue weighted by molar-refractivity contribution is 0.162. The minimum atomic E-state index is -0.481. The Hall–Kier alpha value is -0.910. The van der Waals surface area contributed by atoms with Gasteiger partial charge in [0.2, 0.25) is 0 Å². The van der Waals surface area contributed by atoms with Crippen LogP contribution in [-0.2, 0) is 13.1 Å². The molecule has 7 heteroatoms. The molecule has 1 atom stereocenters. The van der Waals surface area contributed by atoms with Crippen molar-refractivity contribution in [3.05, 3.63) is 63.6 Å². The van der Waals surface area contributed by atoms with Crippen molar-refractivity contribution in [3.63, 3.8) is 0 Å². The summed E-state index contributed by atoms with van der Waals surface area (Å²) in [6, 6.07) is 9.48. The molecule has 3 nitrogen and oxygen atoms in total. The average molecular weight is 419 g/mol. The largest absolute Gasteiger partial charge is 0.317 e. The SMILES string of the molecule is Cl.Fc1ccc(CN(Cc2ccccn2)C2CCCNCC2)c(Cl)c1Cl. The number of aromatic nitrogens is 1. The van der Waals surface area contributed by atoms with Gasteiger partial charge in [0, 0.05) is 25.3 Å². The molecule has 0 amide bonds. The number of hydrogen-bond donors (Lipinski definition) is 1. The van der Waals surface area contributed by atoms with Crippen LogP contribution < -0.4 is 5.32 Å². The minimum absolute atomic E-state index is 0. The van der Waals surface area contributed by atoms with Gasteiger partial charge in [-0.3, -0.25) is 9.88 Å². The number of pyridine rings is 1. The van der Waals surface area contributed by atoms with Crippen molar-refractivity contribution < 1.29 is 4.39 Å². The van der Waals surface area contributed by atoms with Gasteiger partial charge in [-0.15, -0.1) is 12.4 Å². The quantitative estimate of drug-likeness (QED) is 0.685. The predicted molar refractivity (Wildman–Crippen MR) is 108 cm³/mol. The zero-order chi connectivity index (χ0) is 17.6. The van der Waals surface area contributed by atoms with E-state index in [2.05, 4.69) is 15.2 Å². The number of hydrogen-bond acceptors (Lipinski definition) is 3. The van der Waals surface area contributed by atoms with Crippen molar-refractivity contribution >= 4 is 35.6 Å². The third-order valence-corrected chi connectivity index (χ3v) is 5.54. The topological polar surface area (TPSA) is 28.2 Å². The Labute approximate surface area is 170 Å². The third kappa shape index (κ3) is 5.54. The fourth-order valence-corrected chi connectivity index (χ4v) is 3.68. The summed E-state index contributed by atoms with van der Waals surface area (Å²) in [6.45, 7) is 3.41. The van der Waals surface area contributed by atoms with Gasteiger partial charge in [-0.25, -0.2) is 4.39 Å². The Morgan fingerprint density at radius 2 is 1.92 bits per heavy atom. The molecule has 3 rings (SSSR count). The zero-order valence-corrected chi connectivity index (χ0v) is 16.8. The average Bonchev–Trinajstić information content (AvgIpc) is 2.92. The summed E-state index contributed by atoms with van der Waals surface area (Å²) in [4.78, 5) is 6.84. The molecule has 0 bridgehead atoms. The Bertz CT molecular complexity index is 692. The highest BCUT2D eigenvalue weighted by Gasteiger charge is 2.22. The first-order valence-corrected chi connectivity index (χ1v) is 9.38. The first-order valence-electron chi connectivity index (χ1n) is 8.62. The summed E-state index contributed by atoms with van der Waals surface area (Å²) in [5, 5.41) is 3.75. The van der Waals surface area contributed by atoms with E-state index in [1.165, 1.54) is 6.07 Å². The standard InChI is InChI=1S/C19H22Cl2FN3.ClH/c20-18-14(6-7-17(22)19(18)21)12-25(13-15-4-1-2-10-24-15)16-5-3-9-23-11-8-16;/h1-2,4,6-7,10,16,23H,3,5,8-9,11-13H2;1H. The highest BCUT2D eigenvalue weighted by molar-refractivity contribution is 6.42. The van der Waals surface area contributed by atoms with Gasteiger partial charge in [0.25, 0.3) is 0 Å². The highest BCUT2D eigenvalue weighted by Crippen LogP contribution is 2.30. The van der Waals surface area contributed by atoms with E-state index < -0.39 is 5.82 Å². The molecule has 1 aliphatic heterocycles. The van der Waals surface area contributed by atoms with Crippen LogP contribution in [0.2, 0.25) is 10.0 Å². The Morgan fingerprint density at radius 3 is 2.69 bits per heavy atom. The number of benzene rings is 1. The lowest BCUT2D eigenvalue weighted by atomic mass is 10.1. The normalized spacial score (nSPS) is 17.6. The summed E-state index contributed by atoms with van der Waals surface area (Å²) >= 11 is 12.3. The Balaban J connectivity index is 0.00000243. The second-order valence-corrected chi connectivity index (χ2v) is 7.15. The molecular weight excluding hydrogens is 396 g/mol. The third-order valence-electron chi connectivity index (χ3n) is 4.64. The van der Waals surface area contributed by atoms with E-state index in [0.29, 0.717) is 17.6 Å². The van der Waals surface area contributed by atoms with Crippen LogP contribution in [0.15, 0.2) is 36.5 Å². The van der Waals surface area contributed by atoms with E-state index in [1.807, 2.05) is 24.4 Å². The molecule has 1 aromatic carbocycles. The number of nitrogens with zero attached hydrogens (tertiary/aromatic N) is 2. The second-order valence-electron chi connectivity index (χ2n) is 6.40. The van der Waals surface area contributed by atoms with E-state index in [0.717, 1.165) is 50.2 Å². The van der Waals surface area contributed by atoms with Crippen LogP contribution in [0.1, 0.15) is 30.5 Å². The van der Waals surface area contributed by atoms with Crippen LogP contribution in [-0.4, -0.2) is 29.0 Å². The van der Waals surface area contributed by atoms with Crippen molar-refractivity contribution in [2.75, 3.05) is 13.1 Å². The second kappa shape index (κ2) is 10.4. The maximum atomic E-state index is 13.6. The van der Waals surface area contributed by atoms with E-state index >= 15 is 0 Å². The van der Waals surface area contributed by atoms with Crippen molar-refractivity contribution in [1.82, 2.24) is 15.2 Å². The van der Waals surface area contributed by atoms with Crippen LogP contribution in [0.5, 0.6) is 0 Å². The van der Waals surface area contributed by atoms with Crippen LogP contribution in [0.4, 0.5) is 4.39 Å². The lowest BCUT2D eigenvalue weighted by Crippen LogP contribution is -2.35. The number of rotatable bonds is 5. The summed E-state index contributed by atoms with van der Waals surface area (Å²) in [5.74, 6) is -0.481. The Morgan fingerprint density at radius 1 is 1.08 bits per heavy atom. The molecule has 2 heterocycles. The highest BCUT2D eigenvalue weighted by atomic mass is 35.5. The van der Waals surface area contributed by atoms with Gasteiger partial charge in [-0.05, 0) is 56.1 Å². The van der Waals surface area contributed by atoms with E-state index in [4.69, 9.17) is 23.2 Å². The molecule has 0 saturated carbocycles. The van der Waals surface area contributed by atoms with Crippen LogP contribution in [0.25, 0.3) is 0 Å². The van der Waals surface area contributed by atoms with Gasteiger partial charge in [0.1, 0.15) is 5.82 Å². The first kappa shape index (κ1) is 21.4. The van der Waals surface area contributed by atoms with E-state index in [1.54, 1.807) is 6.07 Å². The van der Waals surface area contributed by atoms with Gasteiger partial charge in [0.05, 0.1) is 15.7 Å². The lowest BCUT2D eigenvalue weighted by Gasteiger charge is -2.31. The van der Waals surface area contributed by atoms with Gasteiger partial charge < -0.3 is 5.32 Å². The molecule has 1 N–H and O–H groups in total. The fraction of sp³-hybridized carbons (Fsp3) is 0.421. The zero-order valence-electron chi connectivity index (χ0n) is 14.4. The molecular formula is C19H23Cl3FN3. The molecule has 26 heavy (non-hydrogen) atoms. The van der Waals surface area contributed by atoms with Gasteiger partial charge in [0.15, 0.2) is 0 Å². The molecule has 0 spiro atoms. The van der Waals surface area contributed by atoms with Crippen molar-refractivity contribution in [2.24, 2.45) is 0 Å². The van der Waals surface area contributed by atoms with Crippen LogP contribution in [0.3, 0.4) is 0 Å². The van der Waals surface area contributed by atoms with Crippen molar-refractivity contribution in [3.8, 4) is 0 Å². The molecule has 1 aromatic heterocycles. The summed E-state index contributed by atoms with van der Waals surface area (Å²) in [7, 11) is 0. The van der Waals surface area contributed by atoms with Gasteiger partial charge in [-0.1, -0.05) is 35.3 Å². The maximum absolute atomic E-state index is 13.6. The maximum Gasteiger partial charge on any atom is 0.143 e. The fourth-order valence-electron chi connectivity index (χ4n) is 3.29. The minimum Gasteiger partial charge on any atom is -0.317 e. The summed E-state index contributed by atoms with van der Waals surface area (Å²) in [5.41, 5.74) is 1.87. The van der Waals surface area contributed by atoms with Gasteiger partial charge in [-0.2, -0.15) is 0 Å². The summed E-state index contributed by atoms with van der Waals surface area (Å²) in [6.07, 6.45) is 5.14. The number of halogens is 4. The van der Waals surface area contributed by atoms with E-state index in [-0.39, 0.29) is 17.4 Å². The Kier molecular flexibility index (Phi) is 8.58. The molecule has 1 unspecified atom stereocenters. The summed E-state index contributed by atoms with van der Waals surface area (Å²) < 4.78 is 13.6. The van der Waals surface area contributed by atoms with E-state index in [9.17, 15) is 4.39 Å². The smallest absolute Gasteiger partial charge is 0.143 e. The molecule has 1 aliphatic rings. The van der Waals surface area contributed by atoms with Crippen molar-refractivity contribution in [1.29, 1.82) is 0 Å². The molecule has 142 valence electrons. The molecule has 2 aromatic rings. The van der Waals surface area contributed by atoms with Crippen LogP contribution >= 0.6 is 35.6 Å². The van der Waals surface area contributed by atoms with Crippen molar-refractivity contribution in [2.45, 2.75) is 38.4 Å². The molecule has 1 saturated heterocycles. The predicted octanol–water partition coefficient (Wildman–Crippen LogP) is 5.09.